The van der Waals surface area contributed by atoms with E-state index in [-0.39, 0.29) is 22.5 Å². The van der Waals surface area contributed by atoms with Gasteiger partial charge in [0, 0.05) is 22.3 Å². The first-order valence-corrected chi connectivity index (χ1v) is 7.78. The van der Waals surface area contributed by atoms with Crippen molar-refractivity contribution in [3.05, 3.63) is 107 Å². The number of rotatable bonds is 4. The molecule has 0 unspecified atom stereocenters. The van der Waals surface area contributed by atoms with Crippen LogP contribution in [0.4, 0.5) is 13.2 Å². The molecule has 3 rings (SSSR count). The number of alkyl halides is 3. The second kappa shape index (κ2) is 6.96. The monoisotopic (exact) mass is 354 g/mol. The van der Waals surface area contributed by atoms with E-state index in [4.69, 9.17) is 0 Å². The van der Waals surface area contributed by atoms with Gasteiger partial charge in [-0.25, -0.2) is 0 Å². The molecule has 2 nitrogen and oxygen atoms in total. The van der Waals surface area contributed by atoms with Gasteiger partial charge in [-0.15, -0.1) is 0 Å². The van der Waals surface area contributed by atoms with Crippen molar-refractivity contribution in [3.63, 3.8) is 0 Å². The van der Waals surface area contributed by atoms with Crippen LogP contribution in [0.1, 0.15) is 37.4 Å². The van der Waals surface area contributed by atoms with Crippen LogP contribution in [0.5, 0.6) is 0 Å². The molecule has 0 N–H and O–H groups in total. The minimum Gasteiger partial charge on any atom is -0.289 e. The lowest BCUT2D eigenvalue weighted by atomic mass is 9.93. The maximum absolute atomic E-state index is 12.9. The molecule has 26 heavy (non-hydrogen) atoms. The van der Waals surface area contributed by atoms with Crippen molar-refractivity contribution in [1.82, 2.24) is 0 Å². The first kappa shape index (κ1) is 17.6. The number of ketones is 2. The summed E-state index contributed by atoms with van der Waals surface area (Å²) in [5, 5.41) is 0. The van der Waals surface area contributed by atoms with Crippen LogP contribution in [0, 0.1) is 0 Å². The lowest BCUT2D eigenvalue weighted by Crippen LogP contribution is -2.12. The molecule has 130 valence electrons. The Hall–Kier alpha value is -3.21. The zero-order valence-corrected chi connectivity index (χ0v) is 13.5. The zero-order chi connectivity index (χ0) is 18.7. The zero-order valence-electron chi connectivity index (χ0n) is 13.5. The van der Waals surface area contributed by atoms with Gasteiger partial charge in [0.15, 0.2) is 11.6 Å². The van der Waals surface area contributed by atoms with Crippen LogP contribution in [0.15, 0.2) is 78.9 Å². The van der Waals surface area contributed by atoms with E-state index in [1.54, 1.807) is 42.5 Å². The van der Waals surface area contributed by atoms with Gasteiger partial charge in [-0.2, -0.15) is 13.2 Å². The van der Waals surface area contributed by atoms with Crippen LogP contribution in [0.3, 0.4) is 0 Å². The summed E-state index contributed by atoms with van der Waals surface area (Å²) in [5.41, 5.74) is -0.401. The number of hydrogen-bond donors (Lipinski definition) is 0. The van der Waals surface area contributed by atoms with Crippen LogP contribution in [0.25, 0.3) is 0 Å². The molecule has 0 fully saturated rings. The van der Waals surface area contributed by atoms with Crippen molar-refractivity contribution >= 4 is 11.6 Å². The van der Waals surface area contributed by atoms with Crippen molar-refractivity contribution in [1.29, 1.82) is 0 Å². The summed E-state index contributed by atoms with van der Waals surface area (Å²) in [7, 11) is 0. The topological polar surface area (TPSA) is 34.1 Å². The number of benzene rings is 3. The molecule has 0 bridgehead atoms. The summed E-state index contributed by atoms with van der Waals surface area (Å²) in [4.78, 5) is 25.5. The minimum absolute atomic E-state index is 0.0701. The van der Waals surface area contributed by atoms with Gasteiger partial charge in [0.1, 0.15) is 0 Å². The molecule has 0 aliphatic rings. The summed E-state index contributed by atoms with van der Waals surface area (Å²) in [5.74, 6) is -0.988. The van der Waals surface area contributed by atoms with Gasteiger partial charge in [0.2, 0.25) is 0 Å². The van der Waals surface area contributed by atoms with Gasteiger partial charge in [-0.05, 0) is 12.1 Å². The van der Waals surface area contributed by atoms with E-state index in [0.717, 1.165) is 12.1 Å². The fourth-order valence-corrected chi connectivity index (χ4v) is 2.62. The van der Waals surface area contributed by atoms with Gasteiger partial charge in [0.05, 0.1) is 5.56 Å². The highest BCUT2D eigenvalue weighted by Gasteiger charge is 2.31. The SMILES string of the molecule is O=C(c1ccccc1)c1ccccc1C(=O)c1cccc(C(F)(F)F)c1. The highest BCUT2D eigenvalue weighted by molar-refractivity contribution is 6.19. The molecule has 0 amide bonds. The van der Waals surface area contributed by atoms with Crippen molar-refractivity contribution in [2.75, 3.05) is 0 Å². The van der Waals surface area contributed by atoms with Crippen LogP contribution in [-0.2, 0) is 6.18 Å². The number of halogens is 3. The molecule has 3 aromatic carbocycles. The Morgan fingerprint density at radius 2 is 1.12 bits per heavy atom. The van der Waals surface area contributed by atoms with Crippen molar-refractivity contribution < 1.29 is 22.8 Å². The third-order valence-corrected chi connectivity index (χ3v) is 3.90. The average molecular weight is 354 g/mol. The quantitative estimate of drug-likeness (QED) is 0.606. The largest absolute Gasteiger partial charge is 0.416 e. The standard InChI is InChI=1S/C21H13F3O2/c22-21(23,24)16-10-6-9-15(13-16)20(26)18-12-5-4-11-17(18)19(25)14-7-2-1-3-8-14/h1-13H. The molecule has 0 heterocycles. The van der Waals surface area contributed by atoms with E-state index in [2.05, 4.69) is 0 Å². The Morgan fingerprint density at radius 1 is 0.615 bits per heavy atom. The second-order valence-electron chi connectivity index (χ2n) is 5.65. The first-order chi connectivity index (χ1) is 12.4. The normalized spacial score (nSPS) is 11.2. The molecule has 3 aromatic rings. The third-order valence-electron chi connectivity index (χ3n) is 3.90. The Bertz CT molecular complexity index is 960. The molecular formula is C21H13F3O2. The van der Waals surface area contributed by atoms with Gasteiger partial charge in [-0.3, -0.25) is 9.59 Å². The van der Waals surface area contributed by atoms with Gasteiger partial charge >= 0.3 is 6.18 Å². The number of carbonyl (C=O) groups is 2. The Balaban J connectivity index is 2.03. The Labute approximate surface area is 147 Å². The second-order valence-corrected chi connectivity index (χ2v) is 5.65. The van der Waals surface area contributed by atoms with Crippen LogP contribution < -0.4 is 0 Å². The van der Waals surface area contributed by atoms with E-state index >= 15 is 0 Å². The predicted molar refractivity (Wildman–Crippen MR) is 91.2 cm³/mol. The van der Waals surface area contributed by atoms with Crippen LogP contribution in [0.2, 0.25) is 0 Å². The maximum atomic E-state index is 12.9. The summed E-state index contributed by atoms with van der Waals surface area (Å²) < 4.78 is 38.7. The molecular weight excluding hydrogens is 341 g/mol. The van der Waals surface area contributed by atoms with Crippen LogP contribution in [-0.4, -0.2) is 11.6 Å². The third kappa shape index (κ3) is 3.57. The summed E-state index contributed by atoms with van der Waals surface area (Å²) >= 11 is 0. The summed E-state index contributed by atoms with van der Waals surface area (Å²) in [6, 6.07) is 18.7. The lowest BCUT2D eigenvalue weighted by Gasteiger charge is -2.10. The summed E-state index contributed by atoms with van der Waals surface area (Å²) in [6.45, 7) is 0. The van der Waals surface area contributed by atoms with E-state index in [9.17, 15) is 22.8 Å². The van der Waals surface area contributed by atoms with Gasteiger partial charge in [0.25, 0.3) is 0 Å². The highest BCUT2D eigenvalue weighted by atomic mass is 19.4. The molecule has 0 saturated carbocycles. The Morgan fingerprint density at radius 3 is 1.69 bits per heavy atom. The smallest absolute Gasteiger partial charge is 0.289 e. The van der Waals surface area contributed by atoms with E-state index in [1.165, 1.54) is 24.3 Å². The molecule has 5 heteroatoms. The maximum Gasteiger partial charge on any atom is 0.416 e. The highest BCUT2D eigenvalue weighted by Crippen LogP contribution is 2.30. The fourth-order valence-electron chi connectivity index (χ4n) is 2.62. The van der Waals surface area contributed by atoms with Gasteiger partial charge < -0.3 is 0 Å². The number of hydrogen-bond acceptors (Lipinski definition) is 2. The van der Waals surface area contributed by atoms with Crippen molar-refractivity contribution in [2.45, 2.75) is 6.18 Å². The molecule has 0 spiro atoms. The van der Waals surface area contributed by atoms with E-state index in [0.29, 0.717) is 5.56 Å². The fraction of sp³-hybridized carbons (Fsp3) is 0.0476. The van der Waals surface area contributed by atoms with Crippen molar-refractivity contribution in [2.24, 2.45) is 0 Å². The van der Waals surface area contributed by atoms with Gasteiger partial charge in [-0.1, -0.05) is 66.7 Å². The molecule has 0 aliphatic heterocycles. The Kier molecular flexibility index (Phi) is 4.71. The lowest BCUT2D eigenvalue weighted by molar-refractivity contribution is -0.137. The molecule has 0 aliphatic carbocycles. The average Bonchev–Trinajstić information content (AvgIpc) is 2.67. The molecule has 0 aromatic heterocycles. The molecule has 0 atom stereocenters. The summed E-state index contributed by atoms with van der Waals surface area (Å²) in [6.07, 6.45) is -4.55. The van der Waals surface area contributed by atoms with E-state index in [1.807, 2.05) is 0 Å². The molecule has 0 radical (unpaired) electrons. The minimum atomic E-state index is -4.55. The van der Waals surface area contributed by atoms with Crippen molar-refractivity contribution in [3.8, 4) is 0 Å². The predicted octanol–water partition coefficient (Wildman–Crippen LogP) is 5.17. The number of carbonyl (C=O) groups excluding carboxylic acids is 2. The molecule has 0 saturated heterocycles. The first-order valence-electron chi connectivity index (χ1n) is 7.78. The van der Waals surface area contributed by atoms with E-state index < -0.39 is 17.5 Å². The van der Waals surface area contributed by atoms with Crippen LogP contribution >= 0.6 is 0 Å².